The zero-order valence-corrected chi connectivity index (χ0v) is 13.5. The standard InChI is InChI=1S/C17H28N4/c1-4-11-19-15(2)14-21(13-8-6-10-18)16(3)17-9-5-7-12-20-17/h4-5,7,9,11-12,16H,6,8,10,13-14,18H2,1-3H3/b11-4-,19-15+. The molecule has 0 aliphatic rings. The molecule has 1 heterocycles. The van der Waals surface area contributed by atoms with Gasteiger partial charge in [0, 0.05) is 30.7 Å². The summed E-state index contributed by atoms with van der Waals surface area (Å²) in [4.78, 5) is 11.3. The lowest BCUT2D eigenvalue weighted by Gasteiger charge is -2.28. The van der Waals surface area contributed by atoms with E-state index in [1.165, 1.54) is 0 Å². The second-order valence-corrected chi connectivity index (χ2v) is 5.24. The molecule has 116 valence electrons. The van der Waals surface area contributed by atoms with Crippen LogP contribution >= 0.6 is 0 Å². The van der Waals surface area contributed by atoms with Gasteiger partial charge in [0.2, 0.25) is 0 Å². The summed E-state index contributed by atoms with van der Waals surface area (Å²) >= 11 is 0. The SMILES string of the molecule is C/C=C\N=C(/C)CN(CCCCN)C(C)c1ccccn1. The minimum Gasteiger partial charge on any atom is -0.330 e. The Morgan fingerprint density at radius 1 is 1.43 bits per heavy atom. The highest BCUT2D eigenvalue weighted by molar-refractivity contribution is 5.84. The smallest absolute Gasteiger partial charge is 0.0572 e. The van der Waals surface area contributed by atoms with Gasteiger partial charge in [0.25, 0.3) is 0 Å². The molecule has 0 aromatic carbocycles. The van der Waals surface area contributed by atoms with Crippen molar-refractivity contribution in [2.75, 3.05) is 19.6 Å². The van der Waals surface area contributed by atoms with Crippen molar-refractivity contribution in [1.82, 2.24) is 9.88 Å². The van der Waals surface area contributed by atoms with Gasteiger partial charge in [-0.25, -0.2) is 0 Å². The first-order valence-corrected chi connectivity index (χ1v) is 7.68. The van der Waals surface area contributed by atoms with Crippen molar-refractivity contribution in [3.05, 3.63) is 42.4 Å². The van der Waals surface area contributed by atoms with Gasteiger partial charge in [-0.2, -0.15) is 0 Å². The maximum atomic E-state index is 5.61. The zero-order valence-electron chi connectivity index (χ0n) is 13.5. The van der Waals surface area contributed by atoms with E-state index < -0.39 is 0 Å². The molecule has 1 unspecified atom stereocenters. The number of allylic oxidation sites excluding steroid dienone is 1. The summed E-state index contributed by atoms with van der Waals surface area (Å²) in [5.74, 6) is 0. The lowest BCUT2D eigenvalue weighted by Crippen LogP contribution is -2.33. The Hall–Kier alpha value is -1.52. The molecule has 1 rings (SSSR count). The molecule has 0 saturated carbocycles. The van der Waals surface area contributed by atoms with Gasteiger partial charge in [-0.1, -0.05) is 12.1 Å². The molecule has 0 spiro atoms. The van der Waals surface area contributed by atoms with Crippen molar-refractivity contribution in [2.45, 2.75) is 39.7 Å². The molecule has 1 aromatic rings. The number of nitrogens with zero attached hydrogens (tertiary/aromatic N) is 3. The Kier molecular flexibility index (Phi) is 8.55. The molecule has 0 aliphatic carbocycles. The van der Waals surface area contributed by atoms with Crippen LogP contribution in [0.5, 0.6) is 0 Å². The van der Waals surface area contributed by atoms with E-state index >= 15 is 0 Å². The predicted molar refractivity (Wildman–Crippen MR) is 90.4 cm³/mol. The molecule has 2 N–H and O–H groups in total. The molecule has 0 fully saturated rings. The van der Waals surface area contributed by atoms with Crippen LogP contribution in [-0.2, 0) is 0 Å². The van der Waals surface area contributed by atoms with E-state index in [1.54, 1.807) is 0 Å². The molecule has 0 aliphatic heterocycles. The maximum absolute atomic E-state index is 5.61. The van der Waals surface area contributed by atoms with E-state index in [9.17, 15) is 0 Å². The van der Waals surface area contributed by atoms with Crippen LogP contribution in [-0.4, -0.2) is 35.2 Å². The Morgan fingerprint density at radius 2 is 2.24 bits per heavy atom. The summed E-state index contributed by atoms with van der Waals surface area (Å²) in [6.07, 6.45) is 7.80. The maximum Gasteiger partial charge on any atom is 0.0572 e. The van der Waals surface area contributed by atoms with Crippen LogP contribution in [0.4, 0.5) is 0 Å². The van der Waals surface area contributed by atoms with E-state index in [1.807, 2.05) is 37.5 Å². The fourth-order valence-corrected chi connectivity index (χ4v) is 2.22. The van der Waals surface area contributed by atoms with Gasteiger partial charge in [-0.05, 0) is 58.8 Å². The lowest BCUT2D eigenvalue weighted by atomic mass is 10.1. The Labute approximate surface area is 128 Å². The van der Waals surface area contributed by atoms with E-state index in [4.69, 9.17) is 5.73 Å². The molecule has 21 heavy (non-hydrogen) atoms. The molecule has 4 nitrogen and oxygen atoms in total. The second kappa shape index (κ2) is 10.2. The fourth-order valence-electron chi connectivity index (χ4n) is 2.22. The summed E-state index contributed by atoms with van der Waals surface area (Å²) in [6.45, 7) is 8.86. The summed E-state index contributed by atoms with van der Waals surface area (Å²) < 4.78 is 0. The number of pyridine rings is 1. The number of rotatable bonds is 9. The Bertz CT molecular complexity index is 439. The summed E-state index contributed by atoms with van der Waals surface area (Å²) in [5, 5.41) is 0. The highest BCUT2D eigenvalue weighted by atomic mass is 15.2. The van der Waals surface area contributed by atoms with Crippen molar-refractivity contribution in [2.24, 2.45) is 10.7 Å². The molecule has 4 heteroatoms. The molecule has 0 saturated heterocycles. The number of hydrogen-bond donors (Lipinski definition) is 1. The van der Waals surface area contributed by atoms with E-state index in [0.29, 0.717) is 0 Å². The Balaban J connectivity index is 2.75. The summed E-state index contributed by atoms with van der Waals surface area (Å²) in [5.41, 5.74) is 7.82. The number of unbranched alkanes of at least 4 members (excludes halogenated alkanes) is 1. The first-order valence-electron chi connectivity index (χ1n) is 7.68. The minimum atomic E-state index is 0.278. The third-order valence-corrected chi connectivity index (χ3v) is 3.44. The summed E-state index contributed by atoms with van der Waals surface area (Å²) in [6, 6.07) is 6.35. The predicted octanol–water partition coefficient (Wildman–Crippen LogP) is 3.18. The number of aromatic nitrogens is 1. The van der Waals surface area contributed by atoms with Crippen LogP contribution in [0.25, 0.3) is 0 Å². The number of aliphatic imine (C=N–C) groups is 1. The van der Waals surface area contributed by atoms with Crippen LogP contribution < -0.4 is 5.73 Å². The van der Waals surface area contributed by atoms with Crippen LogP contribution in [0.3, 0.4) is 0 Å². The third kappa shape index (κ3) is 6.65. The van der Waals surface area contributed by atoms with Crippen molar-refractivity contribution >= 4 is 5.71 Å². The number of hydrogen-bond acceptors (Lipinski definition) is 4. The van der Waals surface area contributed by atoms with Gasteiger partial charge >= 0.3 is 0 Å². The van der Waals surface area contributed by atoms with E-state index in [-0.39, 0.29) is 6.04 Å². The first-order chi connectivity index (χ1) is 10.2. The molecular weight excluding hydrogens is 260 g/mol. The van der Waals surface area contributed by atoms with Gasteiger partial charge < -0.3 is 5.73 Å². The average molecular weight is 288 g/mol. The highest BCUT2D eigenvalue weighted by Crippen LogP contribution is 2.18. The van der Waals surface area contributed by atoms with Gasteiger partial charge in [0.05, 0.1) is 5.69 Å². The Morgan fingerprint density at radius 3 is 2.86 bits per heavy atom. The molecule has 0 bridgehead atoms. The quantitative estimate of drug-likeness (QED) is 0.561. The largest absolute Gasteiger partial charge is 0.330 e. The van der Waals surface area contributed by atoms with Gasteiger partial charge in [0.1, 0.15) is 0 Å². The topological polar surface area (TPSA) is 54.5 Å². The van der Waals surface area contributed by atoms with Crippen molar-refractivity contribution < 1.29 is 0 Å². The molecule has 1 aromatic heterocycles. The molecule has 1 atom stereocenters. The van der Waals surface area contributed by atoms with Gasteiger partial charge in [-0.15, -0.1) is 0 Å². The number of nitrogens with two attached hydrogens (primary N) is 1. The minimum absolute atomic E-state index is 0.278. The van der Waals surface area contributed by atoms with E-state index in [2.05, 4.69) is 34.8 Å². The van der Waals surface area contributed by atoms with Gasteiger partial charge in [0.15, 0.2) is 0 Å². The third-order valence-electron chi connectivity index (χ3n) is 3.44. The van der Waals surface area contributed by atoms with Crippen LogP contribution in [0.1, 0.15) is 45.3 Å². The normalized spacial score (nSPS) is 14.0. The van der Waals surface area contributed by atoms with Gasteiger partial charge in [-0.3, -0.25) is 14.9 Å². The van der Waals surface area contributed by atoms with Crippen molar-refractivity contribution in [1.29, 1.82) is 0 Å². The highest BCUT2D eigenvalue weighted by Gasteiger charge is 2.16. The van der Waals surface area contributed by atoms with Crippen LogP contribution in [0.2, 0.25) is 0 Å². The lowest BCUT2D eigenvalue weighted by molar-refractivity contribution is 0.233. The van der Waals surface area contributed by atoms with Crippen LogP contribution in [0.15, 0.2) is 41.7 Å². The molecular formula is C17H28N4. The van der Waals surface area contributed by atoms with Crippen molar-refractivity contribution in [3.8, 4) is 0 Å². The fraction of sp³-hybridized carbons (Fsp3) is 0.529. The molecule has 0 amide bonds. The summed E-state index contributed by atoms with van der Waals surface area (Å²) in [7, 11) is 0. The van der Waals surface area contributed by atoms with Crippen LogP contribution in [0, 0.1) is 0 Å². The second-order valence-electron chi connectivity index (χ2n) is 5.24. The first kappa shape index (κ1) is 17.5. The van der Waals surface area contributed by atoms with Crippen molar-refractivity contribution in [3.63, 3.8) is 0 Å². The molecule has 0 radical (unpaired) electrons. The monoisotopic (exact) mass is 288 g/mol. The van der Waals surface area contributed by atoms with E-state index in [0.717, 1.165) is 43.9 Å². The average Bonchev–Trinajstić information content (AvgIpc) is 2.52. The zero-order chi connectivity index (χ0) is 15.5.